The van der Waals surface area contributed by atoms with Crippen molar-refractivity contribution < 1.29 is 9.90 Å². The predicted octanol–water partition coefficient (Wildman–Crippen LogP) is 4.26. The van der Waals surface area contributed by atoms with Crippen molar-refractivity contribution in [2.45, 2.75) is 13.8 Å². The summed E-state index contributed by atoms with van der Waals surface area (Å²) in [5.74, 6) is 0.157. The minimum atomic E-state index is -0.100. The number of hydrogen-bond acceptors (Lipinski definition) is 2. The van der Waals surface area contributed by atoms with Gasteiger partial charge in [-0.05, 0) is 60.9 Å². The fraction of sp³-hybridized carbons (Fsp3) is 0.118. The Morgan fingerprint density at radius 2 is 1.95 bits per heavy atom. The minimum absolute atomic E-state index is 0.100. The van der Waals surface area contributed by atoms with Crippen molar-refractivity contribution in [2.24, 2.45) is 0 Å². The molecule has 1 aliphatic heterocycles. The van der Waals surface area contributed by atoms with Gasteiger partial charge >= 0.3 is 0 Å². The number of phenols is 1. The lowest BCUT2D eigenvalue weighted by Gasteiger charge is -2.06. The Morgan fingerprint density at radius 1 is 1.19 bits per heavy atom. The van der Waals surface area contributed by atoms with Gasteiger partial charge in [0.1, 0.15) is 5.75 Å². The third-order valence-electron chi connectivity index (χ3n) is 3.69. The Morgan fingerprint density at radius 3 is 2.67 bits per heavy atom. The van der Waals surface area contributed by atoms with Gasteiger partial charge in [-0.2, -0.15) is 0 Å². The summed E-state index contributed by atoms with van der Waals surface area (Å²) in [6.45, 7) is 3.82. The summed E-state index contributed by atoms with van der Waals surface area (Å²) < 4.78 is 0.977. The molecule has 1 heterocycles. The van der Waals surface area contributed by atoms with Crippen LogP contribution in [0.2, 0.25) is 0 Å². The summed E-state index contributed by atoms with van der Waals surface area (Å²) in [6.07, 6.45) is 1.85. The Bertz CT molecular complexity index is 794. The average molecular weight is 344 g/mol. The van der Waals surface area contributed by atoms with Crippen LogP contribution in [0.15, 0.2) is 34.8 Å². The second-order valence-corrected chi connectivity index (χ2v) is 6.01. The second-order valence-electron chi connectivity index (χ2n) is 5.15. The van der Waals surface area contributed by atoms with E-state index in [9.17, 15) is 9.90 Å². The number of carbonyl (C=O) groups is 1. The largest absolute Gasteiger partial charge is 0.508 e. The monoisotopic (exact) mass is 343 g/mol. The highest BCUT2D eigenvalue weighted by molar-refractivity contribution is 9.10. The van der Waals surface area contributed by atoms with Gasteiger partial charge in [-0.1, -0.05) is 22.0 Å². The van der Waals surface area contributed by atoms with E-state index < -0.39 is 0 Å². The second kappa shape index (κ2) is 5.04. The van der Waals surface area contributed by atoms with Crippen molar-refractivity contribution in [3.05, 3.63) is 57.1 Å². The van der Waals surface area contributed by atoms with Crippen LogP contribution < -0.4 is 5.32 Å². The number of anilines is 1. The Kier molecular flexibility index (Phi) is 3.33. The molecule has 0 unspecified atom stereocenters. The molecule has 0 radical (unpaired) electrons. The molecule has 2 aromatic carbocycles. The lowest BCUT2D eigenvalue weighted by molar-refractivity contribution is -0.110. The normalized spacial score (nSPS) is 15.2. The zero-order chi connectivity index (χ0) is 15.1. The van der Waals surface area contributed by atoms with Gasteiger partial charge in [-0.15, -0.1) is 0 Å². The van der Waals surface area contributed by atoms with E-state index >= 15 is 0 Å². The molecule has 0 aromatic heterocycles. The smallest absolute Gasteiger partial charge is 0.256 e. The molecular weight excluding hydrogens is 330 g/mol. The van der Waals surface area contributed by atoms with Gasteiger partial charge in [-0.25, -0.2) is 0 Å². The van der Waals surface area contributed by atoms with E-state index in [-0.39, 0.29) is 11.7 Å². The first-order valence-corrected chi connectivity index (χ1v) is 7.39. The number of phenolic OH excluding ortho intramolecular Hbond substituents is 1. The summed E-state index contributed by atoms with van der Waals surface area (Å²) in [5, 5.41) is 12.5. The number of carbonyl (C=O) groups excluding carboxylic acids is 1. The van der Waals surface area contributed by atoms with Crippen LogP contribution in [0.5, 0.6) is 5.75 Å². The highest BCUT2D eigenvalue weighted by atomic mass is 79.9. The quantitative estimate of drug-likeness (QED) is 0.760. The number of nitrogens with one attached hydrogen (secondary N) is 1. The zero-order valence-corrected chi connectivity index (χ0v) is 13.3. The molecular formula is C17H14BrNO2. The Hall–Kier alpha value is -2.07. The van der Waals surface area contributed by atoms with Gasteiger partial charge in [-0.3, -0.25) is 4.79 Å². The number of hydrogen-bond donors (Lipinski definition) is 2. The number of amides is 1. The molecule has 0 saturated heterocycles. The van der Waals surface area contributed by atoms with Gasteiger partial charge in [0.2, 0.25) is 0 Å². The zero-order valence-electron chi connectivity index (χ0n) is 11.7. The number of rotatable bonds is 1. The van der Waals surface area contributed by atoms with Crippen molar-refractivity contribution >= 4 is 39.2 Å². The molecule has 0 saturated carbocycles. The fourth-order valence-electron chi connectivity index (χ4n) is 2.51. The lowest BCUT2D eigenvalue weighted by atomic mass is 9.99. The number of benzene rings is 2. The molecule has 3 rings (SSSR count). The maximum atomic E-state index is 12.2. The molecule has 106 valence electrons. The molecule has 1 amide bonds. The fourth-order valence-corrected chi connectivity index (χ4v) is 2.84. The maximum absolute atomic E-state index is 12.2. The van der Waals surface area contributed by atoms with Crippen LogP contribution >= 0.6 is 15.9 Å². The van der Waals surface area contributed by atoms with Crippen molar-refractivity contribution in [2.75, 3.05) is 5.32 Å². The van der Waals surface area contributed by atoms with Gasteiger partial charge in [0, 0.05) is 21.3 Å². The van der Waals surface area contributed by atoms with Crippen molar-refractivity contribution in [1.82, 2.24) is 0 Å². The summed E-state index contributed by atoms with van der Waals surface area (Å²) in [4.78, 5) is 12.2. The highest BCUT2D eigenvalue weighted by Crippen LogP contribution is 2.38. The first kappa shape index (κ1) is 13.9. The number of fused-ring (bicyclic) bond motifs is 1. The summed E-state index contributed by atoms with van der Waals surface area (Å²) >= 11 is 3.50. The first-order valence-electron chi connectivity index (χ1n) is 6.59. The van der Waals surface area contributed by atoms with Gasteiger partial charge in [0.25, 0.3) is 5.91 Å². The van der Waals surface area contributed by atoms with Gasteiger partial charge in [0.05, 0.1) is 0 Å². The third kappa shape index (κ3) is 2.36. The van der Waals surface area contributed by atoms with Crippen LogP contribution in [0, 0.1) is 13.8 Å². The van der Waals surface area contributed by atoms with E-state index in [0.29, 0.717) is 5.57 Å². The molecule has 2 N–H and O–H groups in total. The van der Waals surface area contributed by atoms with E-state index in [4.69, 9.17) is 0 Å². The van der Waals surface area contributed by atoms with Crippen LogP contribution in [0.1, 0.15) is 22.3 Å². The van der Waals surface area contributed by atoms with Crippen LogP contribution in [-0.2, 0) is 4.79 Å². The van der Waals surface area contributed by atoms with Crippen molar-refractivity contribution in [3.8, 4) is 5.75 Å². The molecule has 0 spiro atoms. The molecule has 0 aliphatic carbocycles. The summed E-state index contributed by atoms with van der Waals surface area (Å²) in [5.41, 5.74) is 5.13. The van der Waals surface area contributed by atoms with E-state index in [0.717, 1.165) is 32.4 Å². The topological polar surface area (TPSA) is 49.3 Å². The lowest BCUT2D eigenvalue weighted by Crippen LogP contribution is -2.03. The van der Waals surface area contributed by atoms with Crippen LogP contribution in [0.3, 0.4) is 0 Å². The molecule has 21 heavy (non-hydrogen) atoms. The maximum Gasteiger partial charge on any atom is 0.256 e. The molecule has 0 fully saturated rings. The van der Waals surface area contributed by atoms with Crippen molar-refractivity contribution in [1.29, 1.82) is 0 Å². The Labute approximate surface area is 131 Å². The number of aryl methyl sites for hydroxylation is 1. The van der Waals surface area contributed by atoms with E-state index in [1.165, 1.54) is 0 Å². The molecule has 2 aromatic rings. The van der Waals surface area contributed by atoms with Crippen LogP contribution in [0.4, 0.5) is 5.69 Å². The first-order chi connectivity index (χ1) is 9.97. The highest BCUT2D eigenvalue weighted by Gasteiger charge is 2.26. The number of halogens is 1. The van der Waals surface area contributed by atoms with Crippen LogP contribution in [0.25, 0.3) is 11.6 Å². The molecule has 3 nitrogen and oxygen atoms in total. The SMILES string of the molecule is Cc1cc(C=C2C(=O)Nc3ccc(Br)c(C)c32)ccc1O. The molecule has 1 aliphatic rings. The summed E-state index contributed by atoms with van der Waals surface area (Å²) in [6, 6.07) is 9.13. The van der Waals surface area contributed by atoms with Crippen LogP contribution in [-0.4, -0.2) is 11.0 Å². The third-order valence-corrected chi connectivity index (χ3v) is 4.55. The minimum Gasteiger partial charge on any atom is -0.508 e. The molecule has 0 bridgehead atoms. The van der Waals surface area contributed by atoms with E-state index in [2.05, 4.69) is 21.2 Å². The molecule has 4 heteroatoms. The Balaban J connectivity index is 2.16. The molecule has 0 atom stereocenters. The standard InChI is InChI=1S/C17H14BrNO2/c1-9-7-11(3-6-15(9)20)8-12-16-10(2)13(18)4-5-14(16)19-17(12)21/h3-8,20H,1-2H3,(H,19,21). The van der Waals surface area contributed by atoms with Crippen molar-refractivity contribution in [3.63, 3.8) is 0 Å². The van der Waals surface area contributed by atoms with Gasteiger partial charge < -0.3 is 10.4 Å². The summed E-state index contributed by atoms with van der Waals surface area (Å²) in [7, 11) is 0. The predicted molar refractivity (Wildman–Crippen MR) is 88.2 cm³/mol. The van der Waals surface area contributed by atoms with E-state index in [1.807, 2.05) is 38.1 Å². The van der Waals surface area contributed by atoms with Gasteiger partial charge in [0.15, 0.2) is 0 Å². The van der Waals surface area contributed by atoms with E-state index in [1.54, 1.807) is 12.1 Å². The number of aromatic hydroxyl groups is 1. The average Bonchev–Trinajstić information content (AvgIpc) is 2.76.